The predicted molar refractivity (Wildman–Crippen MR) is 60.4 cm³/mol. The molecule has 84 valence electrons. The highest BCUT2D eigenvalue weighted by molar-refractivity contribution is 4.76. The van der Waals surface area contributed by atoms with Crippen molar-refractivity contribution in [3.63, 3.8) is 0 Å². The first-order chi connectivity index (χ1) is 6.77. The summed E-state index contributed by atoms with van der Waals surface area (Å²) in [5, 5.41) is 9.65. The van der Waals surface area contributed by atoms with Crippen molar-refractivity contribution in [2.24, 2.45) is 0 Å². The minimum atomic E-state index is -0.128. The maximum absolute atomic E-state index is 9.65. The molecule has 0 radical (unpaired) electrons. The van der Waals surface area contributed by atoms with Gasteiger partial charge in [-0.1, -0.05) is 33.1 Å². The molecule has 1 rings (SSSR count). The molecule has 1 fully saturated rings. The Hall–Kier alpha value is -0.0800. The minimum absolute atomic E-state index is 0.128. The zero-order valence-corrected chi connectivity index (χ0v) is 9.71. The molecular weight excluding hydrogens is 174 g/mol. The summed E-state index contributed by atoms with van der Waals surface area (Å²) in [5.74, 6) is 0. The molecule has 0 spiro atoms. The summed E-state index contributed by atoms with van der Waals surface area (Å²) in [5.41, 5.74) is 0. The predicted octanol–water partition coefficient (Wildman–Crippen LogP) is 2.41. The summed E-state index contributed by atoms with van der Waals surface area (Å²) in [7, 11) is 0. The van der Waals surface area contributed by atoms with Gasteiger partial charge in [-0.3, -0.25) is 4.90 Å². The maximum Gasteiger partial charge on any atom is 0.0664 e. The molecule has 0 amide bonds. The molecule has 1 aliphatic rings. The van der Waals surface area contributed by atoms with E-state index in [4.69, 9.17) is 0 Å². The van der Waals surface area contributed by atoms with Crippen molar-refractivity contribution in [1.29, 1.82) is 0 Å². The second-order valence-corrected chi connectivity index (χ2v) is 4.44. The van der Waals surface area contributed by atoms with Gasteiger partial charge in [0.05, 0.1) is 6.10 Å². The Morgan fingerprint density at radius 3 is 2.36 bits per heavy atom. The molecule has 2 nitrogen and oxygen atoms in total. The van der Waals surface area contributed by atoms with Gasteiger partial charge < -0.3 is 5.11 Å². The van der Waals surface area contributed by atoms with Crippen LogP contribution in [0.2, 0.25) is 0 Å². The first kappa shape index (κ1) is 12.0. The summed E-state index contributed by atoms with van der Waals surface area (Å²) >= 11 is 0. The Kier molecular flexibility index (Phi) is 5.49. The third-order valence-electron chi connectivity index (χ3n) is 3.41. The minimum Gasteiger partial charge on any atom is -0.392 e. The fraction of sp³-hybridized carbons (Fsp3) is 1.00. The molecule has 0 aromatic heterocycles. The summed E-state index contributed by atoms with van der Waals surface area (Å²) in [6, 6.07) is 0.745. The molecule has 0 aromatic carbocycles. The monoisotopic (exact) mass is 199 g/mol. The van der Waals surface area contributed by atoms with E-state index in [9.17, 15) is 5.11 Å². The molecule has 0 aromatic rings. The Balaban J connectivity index is 2.35. The van der Waals surface area contributed by atoms with Crippen LogP contribution >= 0.6 is 0 Å². The van der Waals surface area contributed by atoms with Gasteiger partial charge in [0.1, 0.15) is 0 Å². The van der Waals surface area contributed by atoms with E-state index in [0.29, 0.717) is 0 Å². The first-order valence-electron chi connectivity index (χ1n) is 6.20. The molecule has 0 heterocycles. The lowest BCUT2D eigenvalue weighted by atomic mass is 9.94. The molecular formula is C12H25NO. The van der Waals surface area contributed by atoms with Crippen LogP contribution in [0.5, 0.6) is 0 Å². The molecule has 14 heavy (non-hydrogen) atoms. The Labute approximate surface area is 88.3 Å². The van der Waals surface area contributed by atoms with Crippen molar-refractivity contribution in [3.05, 3.63) is 0 Å². The summed E-state index contributed by atoms with van der Waals surface area (Å²) in [4.78, 5) is 2.47. The van der Waals surface area contributed by atoms with E-state index < -0.39 is 0 Å². The molecule has 1 aliphatic carbocycles. The maximum atomic E-state index is 9.65. The molecule has 1 N–H and O–H groups in total. The van der Waals surface area contributed by atoms with Crippen molar-refractivity contribution in [2.45, 2.75) is 64.5 Å². The van der Waals surface area contributed by atoms with Crippen molar-refractivity contribution in [3.8, 4) is 0 Å². The van der Waals surface area contributed by atoms with Crippen LogP contribution in [0, 0.1) is 0 Å². The second-order valence-electron chi connectivity index (χ2n) is 4.44. The highest BCUT2D eigenvalue weighted by atomic mass is 16.3. The second kappa shape index (κ2) is 6.41. The van der Waals surface area contributed by atoms with Crippen LogP contribution in [0.4, 0.5) is 0 Å². The number of aliphatic hydroxyl groups is 1. The fourth-order valence-corrected chi connectivity index (χ4v) is 2.38. The van der Waals surface area contributed by atoms with Crippen LogP contribution in [0.25, 0.3) is 0 Å². The van der Waals surface area contributed by atoms with Gasteiger partial charge in [-0.25, -0.2) is 0 Å². The summed E-state index contributed by atoms with van der Waals surface area (Å²) < 4.78 is 0. The average Bonchev–Trinajstić information content (AvgIpc) is 2.26. The smallest absolute Gasteiger partial charge is 0.0664 e. The first-order valence-corrected chi connectivity index (χ1v) is 6.20. The number of aliphatic hydroxyl groups excluding tert-OH is 1. The quantitative estimate of drug-likeness (QED) is 0.735. The highest BCUT2D eigenvalue weighted by Gasteiger charge is 2.21. The lowest BCUT2D eigenvalue weighted by Crippen LogP contribution is -2.41. The van der Waals surface area contributed by atoms with E-state index >= 15 is 0 Å². The van der Waals surface area contributed by atoms with E-state index in [2.05, 4.69) is 18.7 Å². The van der Waals surface area contributed by atoms with Crippen molar-refractivity contribution in [1.82, 2.24) is 4.90 Å². The molecule has 0 bridgehead atoms. The van der Waals surface area contributed by atoms with Crippen LogP contribution in [0.3, 0.4) is 0 Å². The van der Waals surface area contributed by atoms with Gasteiger partial charge in [0.25, 0.3) is 0 Å². The molecule has 1 atom stereocenters. The van der Waals surface area contributed by atoms with E-state index in [1.54, 1.807) is 0 Å². The van der Waals surface area contributed by atoms with Crippen molar-refractivity contribution in [2.75, 3.05) is 13.1 Å². The lowest BCUT2D eigenvalue weighted by molar-refractivity contribution is 0.0747. The molecule has 1 saturated carbocycles. The Morgan fingerprint density at radius 2 is 1.86 bits per heavy atom. The molecule has 0 aliphatic heterocycles. The van der Waals surface area contributed by atoms with Crippen LogP contribution < -0.4 is 0 Å². The molecule has 0 saturated heterocycles. The van der Waals surface area contributed by atoms with Gasteiger partial charge in [-0.2, -0.15) is 0 Å². The van der Waals surface area contributed by atoms with Gasteiger partial charge in [0.2, 0.25) is 0 Å². The largest absolute Gasteiger partial charge is 0.392 e. The zero-order chi connectivity index (χ0) is 10.4. The Morgan fingerprint density at radius 1 is 1.21 bits per heavy atom. The summed E-state index contributed by atoms with van der Waals surface area (Å²) in [6.45, 7) is 6.22. The number of hydrogen-bond acceptors (Lipinski definition) is 2. The third kappa shape index (κ3) is 3.58. The summed E-state index contributed by atoms with van der Waals surface area (Å²) in [6.07, 6.45) is 7.59. The normalized spacial score (nSPS) is 21.4. The van der Waals surface area contributed by atoms with E-state index in [1.807, 2.05) is 0 Å². The van der Waals surface area contributed by atoms with E-state index in [0.717, 1.165) is 25.6 Å². The van der Waals surface area contributed by atoms with Gasteiger partial charge >= 0.3 is 0 Å². The van der Waals surface area contributed by atoms with Crippen molar-refractivity contribution < 1.29 is 5.11 Å². The van der Waals surface area contributed by atoms with Gasteiger partial charge in [0.15, 0.2) is 0 Å². The average molecular weight is 199 g/mol. The molecule has 2 heteroatoms. The third-order valence-corrected chi connectivity index (χ3v) is 3.41. The van der Waals surface area contributed by atoms with Crippen LogP contribution in [0.15, 0.2) is 0 Å². The highest BCUT2D eigenvalue weighted by Crippen LogP contribution is 2.22. The number of rotatable bonds is 5. The van der Waals surface area contributed by atoms with E-state index in [1.165, 1.54) is 32.1 Å². The van der Waals surface area contributed by atoms with Gasteiger partial charge in [-0.15, -0.1) is 0 Å². The van der Waals surface area contributed by atoms with E-state index in [-0.39, 0.29) is 6.10 Å². The van der Waals surface area contributed by atoms with Crippen LogP contribution in [0.1, 0.15) is 52.4 Å². The zero-order valence-electron chi connectivity index (χ0n) is 9.71. The molecule has 1 unspecified atom stereocenters. The fourth-order valence-electron chi connectivity index (χ4n) is 2.38. The van der Waals surface area contributed by atoms with Crippen LogP contribution in [-0.4, -0.2) is 35.2 Å². The van der Waals surface area contributed by atoms with Crippen molar-refractivity contribution >= 4 is 0 Å². The number of hydrogen-bond donors (Lipinski definition) is 1. The number of likely N-dealkylation sites (N-methyl/N-ethyl adjacent to an activating group) is 1. The van der Waals surface area contributed by atoms with Crippen LogP contribution in [-0.2, 0) is 0 Å². The number of nitrogens with zero attached hydrogens (tertiary/aromatic N) is 1. The lowest BCUT2D eigenvalue weighted by Gasteiger charge is -2.34. The topological polar surface area (TPSA) is 23.5 Å². The van der Waals surface area contributed by atoms with Gasteiger partial charge in [-0.05, 0) is 25.8 Å². The van der Waals surface area contributed by atoms with Gasteiger partial charge in [0, 0.05) is 12.6 Å². The SMILES string of the molecule is CCC(O)CN(CC)C1CCCCC1. The standard InChI is InChI=1S/C12H25NO/c1-3-12(14)10-13(4-2)11-8-6-5-7-9-11/h11-12,14H,3-10H2,1-2H3. The Bertz CT molecular complexity index is 143.